The number of nitrogens with zero attached hydrogens (tertiary/aromatic N) is 1. The Balaban J connectivity index is 1.87. The van der Waals surface area contributed by atoms with Crippen LogP contribution in [-0.4, -0.2) is 33.7 Å². The Hall–Kier alpha value is -1.43. The van der Waals surface area contributed by atoms with Crippen LogP contribution in [0.3, 0.4) is 0 Å². The van der Waals surface area contributed by atoms with Crippen molar-refractivity contribution in [3.05, 3.63) is 24.2 Å². The van der Waals surface area contributed by atoms with Gasteiger partial charge < -0.3 is 14.4 Å². The molecule has 20 heavy (non-hydrogen) atoms. The zero-order chi connectivity index (χ0) is 14.1. The molecule has 1 saturated carbocycles. The molecule has 0 spiro atoms. The molecule has 1 saturated heterocycles. The lowest BCUT2D eigenvalue weighted by Gasteiger charge is -2.28. The van der Waals surface area contributed by atoms with Crippen molar-refractivity contribution in [3.63, 3.8) is 0 Å². The van der Waals surface area contributed by atoms with Gasteiger partial charge in [-0.25, -0.2) is 4.79 Å². The number of carbonyl (C=O) groups excluding carboxylic acids is 1. The lowest BCUT2D eigenvalue weighted by atomic mass is 10.1. The van der Waals surface area contributed by atoms with Gasteiger partial charge in [0.15, 0.2) is 0 Å². The number of thioether (sulfide) groups is 1. The van der Waals surface area contributed by atoms with Crippen LogP contribution in [0.1, 0.15) is 36.8 Å². The number of hydrogen-bond donors (Lipinski definition) is 1. The Bertz CT molecular complexity index is 495. The average molecular weight is 295 g/mol. The second kappa shape index (κ2) is 5.52. The topological polar surface area (TPSA) is 70.8 Å². The van der Waals surface area contributed by atoms with Gasteiger partial charge in [-0.2, -0.15) is 0 Å². The van der Waals surface area contributed by atoms with Gasteiger partial charge in [0.05, 0.1) is 6.26 Å². The molecule has 6 heteroatoms. The van der Waals surface area contributed by atoms with Gasteiger partial charge in [-0.05, 0) is 25.0 Å². The highest BCUT2D eigenvalue weighted by molar-refractivity contribution is 7.99. The first kappa shape index (κ1) is 13.5. The fourth-order valence-corrected chi connectivity index (χ4v) is 4.38. The van der Waals surface area contributed by atoms with Crippen LogP contribution >= 0.6 is 11.8 Å². The molecule has 1 aliphatic carbocycles. The van der Waals surface area contributed by atoms with Gasteiger partial charge in [0, 0.05) is 11.7 Å². The van der Waals surface area contributed by atoms with E-state index in [1.165, 1.54) is 16.7 Å². The summed E-state index contributed by atoms with van der Waals surface area (Å²) in [5, 5.41) is 9.05. The van der Waals surface area contributed by atoms with E-state index in [0.717, 1.165) is 25.7 Å². The zero-order valence-electron chi connectivity index (χ0n) is 11.0. The van der Waals surface area contributed by atoms with Crippen LogP contribution in [0.25, 0.3) is 0 Å². The molecular formula is C14H17NO4S. The first-order valence-corrected chi connectivity index (χ1v) is 7.93. The van der Waals surface area contributed by atoms with E-state index in [2.05, 4.69) is 0 Å². The van der Waals surface area contributed by atoms with E-state index in [1.807, 2.05) is 0 Å². The Labute approximate surface area is 121 Å². The third-order valence-corrected chi connectivity index (χ3v) is 5.31. The second-order valence-corrected chi connectivity index (χ2v) is 6.40. The van der Waals surface area contributed by atoms with Crippen LogP contribution in [-0.2, 0) is 9.59 Å². The highest BCUT2D eigenvalue weighted by atomic mass is 32.2. The molecule has 2 heterocycles. The molecule has 1 aromatic rings. The molecule has 1 aromatic heterocycles. The molecule has 1 aliphatic heterocycles. The first-order valence-electron chi connectivity index (χ1n) is 6.88. The molecule has 0 aromatic carbocycles. The number of hydrogen-bond acceptors (Lipinski definition) is 4. The average Bonchev–Trinajstić information content (AvgIpc) is 3.17. The van der Waals surface area contributed by atoms with E-state index in [1.54, 1.807) is 18.4 Å². The van der Waals surface area contributed by atoms with Crippen molar-refractivity contribution in [1.29, 1.82) is 0 Å². The van der Waals surface area contributed by atoms with Crippen molar-refractivity contribution in [1.82, 2.24) is 4.90 Å². The molecule has 5 nitrogen and oxygen atoms in total. The summed E-state index contributed by atoms with van der Waals surface area (Å²) in [6.45, 7) is 0. The molecule has 0 radical (unpaired) electrons. The van der Waals surface area contributed by atoms with Gasteiger partial charge in [0.25, 0.3) is 0 Å². The van der Waals surface area contributed by atoms with Crippen LogP contribution < -0.4 is 0 Å². The Morgan fingerprint density at radius 2 is 2.10 bits per heavy atom. The zero-order valence-corrected chi connectivity index (χ0v) is 11.8. The highest BCUT2D eigenvalue weighted by Crippen LogP contribution is 2.43. The van der Waals surface area contributed by atoms with Gasteiger partial charge in [-0.3, -0.25) is 4.79 Å². The third kappa shape index (κ3) is 2.32. The smallest absolute Gasteiger partial charge is 0.327 e. The number of carbonyl (C=O) groups is 2. The van der Waals surface area contributed by atoms with E-state index in [9.17, 15) is 14.7 Å². The predicted octanol–water partition coefficient (Wildman–Crippen LogP) is 2.50. The third-order valence-electron chi connectivity index (χ3n) is 4.03. The van der Waals surface area contributed by atoms with Crippen molar-refractivity contribution >= 4 is 23.6 Å². The number of aliphatic carboxylic acids is 1. The summed E-state index contributed by atoms with van der Waals surface area (Å²) in [5.74, 6) is 0.0939. The molecule has 2 aliphatic rings. The predicted molar refractivity (Wildman–Crippen MR) is 74.1 cm³/mol. The Morgan fingerprint density at radius 1 is 1.35 bits per heavy atom. The Kier molecular flexibility index (Phi) is 3.74. The summed E-state index contributed by atoms with van der Waals surface area (Å²) in [6, 6.07) is 2.82. The number of rotatable bonds is 3. The lowest BCUT2D eigenvalue weighted by Crippen LogP contribution is -2.45. The molecule has 1 amide bonds. The summed E-state index contributed by atoms with van der Waals surface area (Å²) < 4.78 is 5.38. The normalized spacial score (nSPS) is 27.1. The largest absolute Gasteiger partial charge is 0.480 e. The lowest BCUT2D eigenvalue weighted by molar-refractivity contribution is -0.151. The van der Waals surface area contributed by atoms with Crippen LogP contribution in [0.2, 0.25) is 0 Å². The van der Waals surface area contributed by atoms with Gasteiger partial charge in [0.1, 0.15) is 17.2 Å². The minimum Gasteiger partial charge on any atom is -0.480 e. The first-order chi connectivity index (χ1) is 9.68. The van der Waals surface area contributed by atoms with Gasteiger partial charge >= 0.3 is 5.97 Å². The van der Waals surface area contributed by atoms with Crippen LogP contribution in [0.15, 0.2) is 22.8 Å². The molecular weight excluding hydrogens is 278 g/mol. The van der Waals surface area contributed by atoms with Crippen molar-refractivity contribution in [3.8, 4) is 0 Å². The maximum absolute atomic E-state index is 12.7. The standard InChI is InChI=1S/C14H17NO4S/c16-12(9-4-1-2-5-9)15-10(14(17)18)8-20-13(15)11-6-3-7-19-11/h3,6-7,9-10,13H,1-2,4-5,8H2,(H,17,18). The van der Waals surface area contributed by atoms with Crippen molar-refractivity contribution in [2.45, 2.75) is 37.1 Å². The molecule has 0 bridgehead atoms. The SMILES string of the molecule is O=C(O)C1CSC(c2ccco2)N1C(=O)C1CCCC1. The highest BCUT2D eigenvalue weighted by Gasteiger charge is 2.45. The number of carboxylic acid groups (broad SMARTS) is 1. The van der Waals surface area contributed by atoms with E-state index < -0.39 is 12.0 Å². The van der Waals surface area contributed by atoms with Gasteiger partial charge in [-0.1, -0.05) is 12.8 Å². The molecule has 108 valence electrons. The summed E-state index contributed by atoms with van der Waals surface area (Å²) >= 11 is 1.46. The van der Waals surface area contributed by atoms with Crippen LogP contribution in [0.5, 0.6) is 0 Å². The van der Waals surface area contributed by atoms with Gasteiger partial charge in [0.2, 0.25) is 5.91 Å². The van der Waals surface area contributed by atoms with Crippen molar-refractivity contribution in [2.24, 2.45) is 5.92 Å². The molecule has 2 unspecified atom stereocenters. The molecule has 2 fully saturated rings. The Morgan fingerprint density at radius 3 is 2.70 bits per heavy atom. The van der Waals surface area contributed by atoms with E-state index in [4.69, 9.17) is 4.42 Å². The molecule has 2 atom stereocenters. The summed E-state index contributed by atoms with van der Waals surface area (Å²) in [6.07, 6.45) is 5.41. The fourth-order valence-electron chi connectivity index (χ4n) is 3.00. The van der Waals surface area contributed by atoms with Gasteiger partial charge in [-0.15, -0.1) is 11.8 Å². The summed E-state index contributed by atoms with van der Waals surface area (Å²) in [4.78, 5) is 25.6. The minimum atomic E-state index is -0.932. The molecule has 3 rings (SSSR count). The van der Waals surface area contributed by atoms with Crippen LogP contribution in [0.4, 0.5) is 0 Å². The van der Waals surface area contributed by atoms with E-state index in [0.29, 0.717) is 11.5 Å². The summed E-state index contributed by atoms with van der Waals surface area (Å²) in [5.41, 5.74) is 0. The fraction of sp³-hybridized carbons (Fsp3) is 0.571. The maximum atomic E-state index is 12.7. The number of amides is 1. The minimum absolute atomic E-state index is 0.0204. The van der Waals surface area contributed by atoms with E-state index >= 15 is 0 Å². The van der Waals surface area contributed by atoms with Crippen molar-refractivity contribution < 1.29 is 19.1 Å². The number of carboxylic acids is 1. The maximum Gasteiger partial charge on any atom is 0.327 e. The quantitative estimate of drug-likeness (QED) is 0.927. The van der Waals surface area contributed by atoms with Crippen molar-refractivity contribution in [2.75, 3.05) is 5.75 Å². The summed E-state index contributed by atoms with van der Waals surface area (Å²) in [7, 11) is 0. The second-order valence-electron chi connectivity index (χ2n) is 5.28. The van der Waals surface area contributed by atoms with Crippen LogP contribution in [0, 0.1) is 5.92 Å². The number of furan rings is 1. The van der Waals surface area contributed by atoms with E-state index in [-0.39, 0.29) is 17.2 Å². The monoisotopic (exact) mass is 295 g/mol. The molecule has 1 N–H and O–H groups in total.